The standard InChI is InChI=1S/C23H21Cl2N5OS/c24-16-4-3-5-17(25)21(16)27-23-28-22(31)20(32-23)13-15-6-7-18-19(12-15)30(14-26-18)11-10-29-8-1-2-9-29/h3-7,12-14H,1-2,8-11H2,(H,27,28,31)/b20-13+. The van der Waals surface area contributed by atoms with Crippen LogP contribution >= 0.6 is 35.0 Å². The van der Waals surface area contributed by atoms with Crippen molar-refractivity contribution in [3.63, 3.8) is 0 Å². The van der Waals surface area contributed by atoms with E-state index >= 15 is 0 Å². The van der Waals surface area contributed by atoms with Crippen LogP contribution in [0, 0.1) is 0 Å². The normalized spacial score (nSPS) is 19.5. The fourth-order valence-corrected chi connectivity index (χ4v) is 5.24. The summed E-state index contributed by atoms with van der Waals surface area (Å²) >= 11 is 13.7. The van der Waals surface area contributed by atoms with Gasteiger partial charge in [-0.1, -0.05) is 35.3 Å². The van der Waals surface area contributed by atoms with Crippen molar-refractivity contribution in [1.29, 1.82) is 0 Å². The van der Waals surface area contributed by atoms with Crippen LogP contribution in [0.1, 0.15) is 18.4 Å². The zero-order valence-electron chi connectivity index (χ0n) is 17.2. The highest BCUT2D eigenvalue weighted by Crippen LogP contribution is 2.35. The number of fused-ring (bicyclic) bond motifs is 1. The maximum Gasteiger partial charge on any atom is 0.264 e. The number of hydrogen-bond donors (Lipinski definition) is 1. The molecule has 0 spiro atoms. The highest BCUT2D eigenvalue weighted by molar-refractivity contribution is 8.18. The average molecular weight is 486 g/mol. The minimum atomic E-state index is -0.195. The molecule has 0 unspecified atom stereocenters. The lowest BCUT2D eigenvalue weighted by Crippen LogP contribution is -2.23. The predicted molar refractivity (Wildman–Crippen MR) is 133 cm³/mol. The molecule has 1 N–H and O–H groups in total. The number of hydrogen-bond acceptors (Lipinski definition) is 5. The van der Waals surface area contributed by atoms with Gasteiger partial charge < -0.3 is 14.8 Å². The van der Waals surface area contributed by atoms with E-state index in [0.717, 1.165) is 29.7 Å². The van der Waals surface area contributed by atoms with Crippen LogP contribution in [0.25, 0.3) is 17.1 Å². The Balaban J connectivity index is 1.37. The summed E-state index contributed by atoms with van der Waals surface area (Å²) in [5, 5.41) is 4.11. The van der Waals surface area contributed by atoms with E-state index in [0.29, 0.717) is 25.8 Å². The van der Waals surface area contributed by atoms with Crippen molar-refractivity contribution in [2.24, 2.45) is 4.99 Å². The van der Waals surface area contributed by atoms with Crippen molar-refractivity contribution in [1.82, 2.24) is 19.8 Å². The Morgan fingerprint density at radius 3 is 2.69 bits per heavy atom. The molecule has 2 saturated heterocycles. The smallest absolute Gasteiger partial charge is 0.264 e. The molecule has 0 aliphatic carbocycles. The first kappa shape index (κ1) is 21.5. The van der Waals surface area contributed by atoms with Crippen LogP contribution in [0.15, 0.2) is 52.6 Å². The minimum Gasteiger partial charge on any atom is -0.329 e. The van der Waals surface area contributed by atoms with Crippen LogP contribution in [0.2, 0.25) is 10.0 Å². The van der Waals surface area contributed by atoms with Crippen LogP contribution in [0.4, 0.5) is 5.69 Å². The molecule has 2 aliphatic heterocycles. The third-order valence-corrected chi connectivity index (χ3v) is 7.12. The predicted octanol–water partition coefficient (Wildman–Crippen LogP) is 5.33. The van der Waals surface area contributed by atoms with Crippen molar-refractivity contribution >= 4 is 68.8 Å². The summed E-state index contributed by atoms with van der Waals surface area (Å²) < 4.78 is 2.18. The number of benzene rings is 2. The number of carbonyl (C=O) groups excluding carboxylic acids is 1. The number of nitrogens with one attached hydrogen (secondary N) is 1. The Bertz CT molecular complexity index is 1230. The van der Waals surface area contributed by atoms with E-state index in [1.807, 2.05) is 24.5 Å². The minimum absolute atomic E-state index is 0.195. The molecule has 5 rings (SSSR count). The topological polar surface area (TPSA) is 62.5 Å². The number of amidine groups is 1. The highest BCUT2D eigenvalue weighted by atomic mass is 35.5. The summed E-state index contributed by atoms with van der Waals surface area (Å²) in [5.41, 5.74) is 3.41. The summed E-state index contributed by atoms with van der Waals surface area (Å²) in [6.07, 6.45) is 6.34. The molecule has 2 aliphatic rings. The summed E-state index contributed by atoms with van der Waals surface area (Å²) in [7, 11) is 0. The molecule has 0 atom stereocenters. The molecule has 1 amide bonds. The van der Waals surface area contributed by atoms with Crippen LogP contribution in [0.3, 0.4) is 0 Å². The fourth-order valence-electron chi connectivity index (χ4n) is 3.93. The Labute approximate surface area is 200 Å². The number of nitrogens with zero attached hydrogens (tertiary/aromatic N) is 4. The van der Waals surface area contributed by atoms with Crippen LogP contribution in [-0.2, 0) is 11.3 Å². The van der Waals surface area contributed by atoms with Crippen LogP contribution in [-0.4, -0.2) is 45.2 Å². The SMILES string of the molecule is O=C1NC(=Nc2c(Cl)cccc2Cl)S/C1=C/c1ccc2ncn(CCN3CCCC3)c2c1. The number of likely N-dealkylation sites (tertiary alicyclic amines) is 1. The van der Waals surface area contributed by atoms with Crippen molar-refractivity contribution in [2.75, 3.05) is 19.6 Å². The number of carbonyl (C=O) groups is 1. The molecular weight excluding hydrogens is 465 g/mol. The Morgan fingerprint density at radius 2 is 1.91 bits per heavy atom. The van der Waals surface area contributed by atoms with Gasteiger partial charge in [-0.2, -0.15) is 0 Å². The monoisotopic (exact) mass is 485 g/mol. The number of aliphatic imine (C=N–C) groups is 1. The third kappa shape index (κ3) is 4.57. The van der Waals surface area contributed by atoms with Crippen molar-refractivity contribution in [2.45, 2.75) is 19.4 Å². The van der Waals surface area contributed by atoms with E-state index in [2.05, 4.69) is 30.8 Å². The number of aromatic nitrogens is 2. The van der Waals surface area contributed by atoms with Gasteiger partial charge in [0, 0.05) is 13.1 Å². The number of imidazole rings is 1. The number of halogens is 2. The molecule has 2 aromatic carbocycles. The summed E-state index contributed by atoms with van der Waals surface area (Å²) in [6, 6.07) is 11.2. The lowest BCUT2D eigenvalue weighted by atomic mass is 10.2. The van der Waals surface area contributed by atoms with Gasteiger partial charge in [-0.3, -0.25) is 4.79 Å². The maximum atomic E-state index is 12.5. The number of para-hydroxylation sites is 1. The maximum absolute atomic E-state index is 12.5. The zero-order valence-corrected chi connectivity index (χ0v) is 19.6. The average Bonchev–Trinajstić information content (AvgIpc) is 3.50. The van der Waals surface area contributed by atoms with E-state index in [1.54, 1.807) is 18.2 Å². The Kier molecular flexibility index (Phi) is 6.24. The van der Waals surface area contributed by atoms with Crippen LogP contribution < -0.4 is 5.32 Å². The fraction of sp³-hybridized carbons (Fsp3) is 0.261. The molecule has 9 heteroatoms. The molecule has 0 saturated carbocycles. The summed E-state index contributed by atoms with van der Waals surface area (Å²) in [4.78, 5) is 24.5. The number of thioether (sulfide) groups is 1. The first-order valence-corrected chi connectivity index (χ1v) is 12.0. The lowest BCUT2D eigenvalue weighted by Gasteiger charge is -2.15. The summed E-state index contributed by atoms with van der Waals surface area (Å²) in [5.74, 6) is -0.195. The van der Waals surface area contributed by atoms with Gasteiger partial charge in [0.1, 0.15) is 5.69 Å². The molecule has 1 aromatic heterocycles. The Morgan fingerprint density at radius 1 is 1.12 bits per heavy atom. The van der Waals surface area contributed by atoms with Gasteiger partial charge in [-0.25, -0.2) is 9.98 Å². The van der Waals surface area contributed by atoms with Crippen molar-refractivity contribution in [3.8, 4) is 0 Å². The molecule has 3 heterocycles. The third-order valence-electron chi connectivity index (χ3n) is 5.60. The van der Waals surface area contributed by atoms with Gasteiger partial charge in [0.05, 0.1) is 32.3 Å². The van der Waals surface area contributed by atoms with E-state index in [9.17, 15) is 4.79 Å². The Hall–Kier alpha value is -2.32. The van der Waals surface area contributed by atoms with Crippen molar-refractivity contribution in [3.05, 3.63) is 63.2 Å². The number of rotatable bonds is 5. The first-order chi connectivity index (χ1) is 15.6. The second kappa shape index (κ2) is 9.27. The molecule has 0 bridgehead atoms. The highest BCUT2D eigenvalue weighted by Gasteiger charge is 2.24. The first-order valence-electron chi connectivity index (χ1n) is 10.5. The van der Waals surface area contributed by atoms with Gasteiger partial charge in [0.2, 0.25) is 0 Å². The molecule has 164 valence electrons. The molecular formula is C23H21Cl2N5OS. The van der Waals surface area contributed by atoms with Crippen LogP contribution in [0.5, 0.6) is 0 Å². The molecule has 3 aromatic rings. The summed E-state index contributed by atoms with van der Waals surface area (Å²) in [6.45, 7) is 4.29. The molecule has 6 nitrogen and oxygen atoms in total. The molecule has 2 fully saturated rings. The quantitative estimate of drug-likeness (QED) is 0.496. The largest absolute Gasteiger partial charge is 0.329 e. The molecule has 0 radical (unpaired) electrons. The van der Waals surface area contributed by atoms with Crippen molar-refractivity contribution < 1.29 is 4.79 Å². The van der Waals surface area contributed by atoms with Gasteiger partial charge in [-0.15, -0.1) is 0 Å². The zero-order chi connectivity index (χ0) is 22.1. The van der Waals surface area contributed by atoms with Gasteiger partial charge >= 0.3 is 0 Å². The van der Waals surface area contributed by atoms with Gasteiger partial charge in [-0.05, 0) is 73.6 Å². The lowest BCUT2D eigenvalue weighted by molar-refractivity contribution is -0.115. The van der Waals surface area contributed by atoms with E-state index in [1.165, 1.54) is 37.7 Å². The van der Waals surface area contributed by atoms with Gasteiger partial charge in [0.25, 0.3) is 5.91 Å². The van der Waals surface area contributed by atoms with E-state index < -0.39 is 0 Å². The second-order valence-electron chi connectivity index (χ2n) is 7.79. The van der Waals surface area contributed by atoms with E-state index in [-0.39, 0.29) is 5.91 Å². The van der Waals surface area contributed by atoms with Gasteiger partial charge in [0.15, 0.2) is 5.17 Å². The van der Waals surface area contributed by atoms with E-state index in [4.69, 9.17) is 23.2 Å². The second-order valence-corrected chi connectivity index (χ2v) is 9.63. The number of amides is 1. The molecule has 32 heavy (non-hydrogen) atoms.